The average Bonchev–Trinajstić information content (AvgIpc) is 2.74. The molecule has 0 aliphatic carbocycles. The Morgan fingerprint density at radius 3 is 2.50 bits per heavy atom. The number of nitrogens with one attached hydrogen (secondary N) is 1. The molecule has 0 atom stereocenters. The zero-order valence-corrected chi connectivity index (χ0v) is 17.5. The minimum absolute atomic E-state index is 0.0756. The lowest BCUT2D eigenvalue weighted by Crippen LogP contribution is -2.40. The van der Waals surface area contributed by atoms with E-state index in [1.165, 1.54) is 24.3 Å². The Kier molecular flexibility index (Phi) is 6.54. The highest BCUT2D eigenvalue weighted by atomic mass is 32.1. The third-order valence-electron chi connectivity index (χ3n) is 4.57. The fourth-order valence-electron chi connectivity index (χ4n) is 3.00. The van der Waals surface area contributed by atoms with Gasteiger partial charge in [-0.1, -0.05) is 31.3 Å². The number of hydrogen-bond donors (Lipinski definition) is 1. The minimum Gasteiger partial charge on any atom is -0.867 e. The van der Waals surface area contributed by atoms with Crippen molar-refractivity contribution in [1.29, 1.82) is 0 Å². The Hall–Kier alpha value is -3.58. The lowest BCUT2D eigenvalue weighted by molar-refractivity contribution is -0.578. The number of rotatable bonds is 6. The molecular formula is C23H21N3O3S. The third kappa shape index (κ3) is 4.87. The van der Waals surface area contributed by atoms with Crippen molar-refractivity contribution in [2.45, 2.75) is 20.3 Å². The van der Waals surface area contributed by atoms with Gasteiger partial charge in [0.2, 0.25) is 5.70 Å². The number of hydrogen-bond acceptors (Lipinski definition) is 4. The van der Waals surface area contributed by atoms with Crippen molar-refractivity contribution < 1.29 is 14.6 Å². The van der Waals surface area contributed by atoms with Gasteiger partial charge in [0.25, 0.3) is 5.69 Å². The van der Waals surface area contributed by atoms with Crippen LogP contribution in [0, 0.1) is 17.0 Å². The van der Waals surface area contributed by atoms with Gasteiger partial charge in [-0.25, -0.2) is 0 Å². The first-order valence-corrected chi connectivity index (χ1v) is 9.84. The number of aromatic nitrogens is 1. The molecule has 0 radical (unpaired) electrons. The van der Waals surface area contributed by atoms with Crippen molar-refractivity contribution in [3.8, 4) is 0 Å². The van der Waals surface area contributed by atoms with E-state index in [-0.39, 0.29) is 22.1 Å². The van der Waals surface area contributed by atoms with Crippen LogP contribution in [0.4, 0.5) is 11.4 Å². The van der Waals surface area contributed by atoms with E-state index in [9.17, 15) is 15.2 Å². The number of nitrogens with zero attached hydrogens (tertiary/aromatic N) is 2. The van der Waals surface area contributed by atoms with Crippen molar-refractivity contribution in [3.63, 3.8) is 0 Å². The van der Waals surface area contributed by atoms with Crippen LogP contribution in [0.5, 0.6) is 0 Å². The summed E-state index contributed by atoms with van der Waals surface area (Å²) in [6, 6.07) is 17.1. The Balaban J connectivity index is 2.06. The number of anilines is 1. The molecule has 0 fully saturated rings. The molecule has 0 aliphatic heterocycles. The summed E-state index contributed by atoms with van der Waals surface area (Å²) in [7, 11) is 0. The Morgan fingerprint density at radius 1 is 1.13 bits per heavy atom. The van der Waals surface area contributed by atoms with E-state index in [1.54, 1.807) is 10.8 Å². The zero-order valence-electron chi connectivity index (χ0n) is 16.7. The smallest absolute Gasteiger partial charge is 0.269 e. The van der Waals surface area contributed by atoms with Crippen LogP contribution < -0.4 is 15.0 Å². The lowest BCUT2D eigenvalue weighted by Gasteiger charge is -2.17. The van der Waals surface area contributed by atoms with Gasteiger partial charge in [-0.2, -0.15) is 4.57 Å². The molecule has 0 saturated heterocycles. The summed E-state index contributed by atoms with van der Waals surface area (Å²) in [5, 5.41) is 27.4. The van der Waals surface area contributed by atoms with E-state index >= 15 is 0 Å². The summed E-state index contributed by atoms with van der Waals surface area (Å²) in [6.07, 6.45) is 4.45. The fourth-order valence-corrected chi connectivity index (χ4v) is 3.32. The molecule has 0 unspecified atom stereocenters. The number of nitro groups is 1. The summed E-state index contributed by atoms with van der Waals surface area (Å²) >= 11 is 5.61. The maximum atomic E-state index is 13.3. The molecule has 0 amide bonds. The number of non-ortho nitro benzene ring substituents is 1. The van der Waals surface area contributed by atoms with Crippen molar-refractivity contribution in [2.75, 3.05) is 5.32 Å². The maximum Gasteiger partial charge on any atom is 0.269 e. The number of benzene rings is 2. The molecular weight excluding hydrogens is 398 g/mol. The van der Waals surface area contributed by atoms with Gasteiger partial charge in [0.15, 0.2) is 17.4 Å². The van der Waals surface area contributed by atoms with Crippen LogP contribution in [0.1, 0.15) is 23.6 Å². The standard InChI is InChI=1S/C23H21N3O3S/c1-3-17-7-4-8-19(14-17)24-23(30)21(25-13-5-6-16(2)15-25)22(27)18-9-11-20(12-10-18)26(28)29/h4-15H,3H2,1-2H3,(H-,24,27,30). The molecule has 0 aliphatic rings. The number of thiocarbonyl (C=S) groups is 1. The van der Waals surface area contributed by atoms with Crippen LogP contribution in [0.2, 0.25) is 0 Å². The molecule has 1 N–H and O–H groups in total. The van der Waals surface area contributed by atoms with E-state index < -0.39 is 4.92 Å². The number of nitro benzene ring substituents is 1. The summed E-state index contributed by atoms with van der Waals surface area (Å²) in [5.41, 5.74) is 3.41. The van der Waals surface area contributed by atoms with Gasteiger partial charge in [-0.3, -0.25) is 10.1 Å². The van der Waals surface area contributed by atoms with Crippen molar-refractivity contribution >= 4 is 40.0 Å². The molecule has 3 rings (SSSR count). The van der Waals surface area contributed by atoms with Gasteiger partial charge in [0.1, 0.15) is 0 Å². The second kappa shape index (κ2) is 9.28. The van der Waals surface area contributed by atoms with Crippen LogP contribution in [0.15, 0.2) is 73.1 Å². The normalized spacial score (nSPS) is 11.5. The largest absolute Gasteiger partial charge is 0.867 e. The van der Waals surface area contributed by atoms with Crippen LogP contribution >= 0.6 is 12.2 Å². The number of pyridine rings is 1. The molecule has 0 bridgehead atoms. The molecule has 6 nitrogen and oxygen atoms in total. The SMILES string of the molecule is CCc1cccc(NC(=S)C(=C([O-])c2ccc([N+](=O)[O-])cc2)[n+]2cccc(C)c2)c1. The predicted octanol–water partition coefficient (Wildman–Crippen LogP) is 3.88. The predicted molar refractivity (Wildman–Crippen MR) is 120 cm³/mol. The van der Waals surface area contributed by atoms with Gasteiger partial charge in [-0.15, -0.1) is 0 Å². The molecule has 1 heterocycles. The highest BCUT2D eigenvalue weighted by molar-refractivity contribution is 7.81. The third-order valence-corrected chi connectivity index (χ3v) is 4.87. The molecule has 0 saturated carbocycles. The second-order valence-corrected chi connectivity index (χ2v) is 7.19. The Bertz CT molecular complexity index is 1120. The zero-order chi connectivity index (χ0) is 21.7. The summed E-state index contributed by atoms with van der Waals surface area (Å²) < 4.78 is 1.68. The maximum absolute atomic E-state index is 13.3. The van der Waals surface area contributed by atoms with Gasteiger partial charge in [-0.05, 0) is 60.6 Å². The molecule has 1 aromatic heterocycles. The molecule has 7 heteroatoms. The second-order valence-electron chi connectivity index (χ2n) is 6.78. The van der Waals surface area contributed by atoms with Crippen LogP contribution in [0.3, 0.4) is 0 Å². The van der Waals surface area contributed by atoms with Crippen molar-refractivity contribution in [1.82, 2.24) is 0 Å². The molecule has 30 heavy (non-hydrogen) atoms. The summed E-state index contributed by atoms with van der Waals surface area (Å²) in [5.74, 6) is -0.329. The monoisotopic (exact) mass is 419 g/mol. The average molecular weight is 420 g/mol. The van der Waals surface area contributed by atoms with Crippen LogP contribution in [0.25, 0.3) is 11.5 Å². The lowest BCUT2D eigenvalue weighted by atomic mass is 10.1. The van der Waals surface area contributed by atoms with E-state index in [1.807, 2.05) is 49.5 Å². The van der Waals surface area contributed by atoms with E-state index in [0.29, 0.717) is 5.56 Å². The van der Waals surface area contributed by atoms with E-state index in [0.717, 1.165) is 23.2 Å². The van der Waals surface area contributed by atoms with E-state index in [2.05, 4.69) is 12.2 Å². The van der Waals surface area contributed by atoms with Gasteiger partial charge < -0.3 is 10.4 Å². The first-order valence-electron chi connectivity index (χ1n) is 9.43. The topological polar surface area (TPSA) is 82.1 Å². The molecule has 0 spiro atoms. The first kappa shape index (κ1) is 21.1. The molecule has 2 aromatic carbocycles. The van der Waals surface area contributed by atoms with Crippen molar-refractivity contribution in [2.24, 2.45) is 0 Å². The summed E-state index contributed by atoms with van der Waals surface area (Å²) in [4.78, 5) is 10.7. The fraction of sp³-hybridized carbons (Fsp3) is 0.130. The van der Waals surface area contributed by atoms with Crippen LogP contribution in [-0.4, -0.2) is 9.91 Å². The first-order chi connectivity index (χ1) is 14.4. The minimum atomic E-state index is -0.499. The van der Waals surface area contributed by atoms with Crippen LogP contribution in [-0.2, 0) is 6.42 Å². The Morgan fingerprint density at radius 2 is 1.87 bits per heavy atom. The van der Waals surface area contributed by atoms with E-state index in [4.69, 9.17) is 12.2 Å². The molecule has 3 aromatic rings. The van der Waals surface area contributed by atoms with Gasteiger partial charge in [0.05, 0.1) is 4.92 Å². The Labute approximate surface area is 180 Å². The van der Waals surface area contributed by atoms with Crippen molar-refractivity contribution in [3.05, 3.63) is 99.9 Å². The highest BCUT2D eigenvalue weighted by Gasteiger charge is 2.19. The summed E-state index contributed by atoms with van der Waals surface area (Å²) in [6.45, 7) is 3.99. The van der Waals surface area contributed by atoms with Gasteiger partial charge >= 0.3 is 0 Å². The quantitative estimate of drug-likeness (QED) is 0.164. The highest BCUT2D eigenvalue weighted by Crippen LogP contribution is 2.20. The number of aryl methyl sites for hydroxylation is 2. The molecule has 152 valence electrons. The van der Waals surface area contributed by atoms with Gasteiger partial charge in [0, 0.05) is 29.4 Å².